The highest BCUT2D eigenvalue weighted by Crippen LogP contribution is 2.20. The van der Waals surface area contributed by atoms with E-state index in [0.29, 0.717) is 13.2 Å². The van der Waals surface area contributed by atoms with E-state index in [2.05, 4.69) is 47.8 Å². The third-order valence-corrected chi connectivity index (χ3v) is 4.48. The monoisotopic (exact) mass is 411 g/mol. The van der Waals surface area contributed by atoms with Gasteiger partial charge in [0.15, 0.2) is 0 Å². The number of ether oxygens (including phenoxy) is 2. The largest absolute Gasteiger partial charge is 0.493 e. The molecule has 3 aromatic rings. The van der Waals surface area contributed by atoms with Crippen molar-refractivity contribution in [2.75, 3.05) is 19.7 Å². The summed E-state index contributed by atoms with van der Waals surface area (Å²) in [7, 11) is 0. The molecule has 0 bridgehead atoms. The first-order valence-corrected chi connectivity index (χ1v) is 10.0. The normalized spacial score (nSPS) is 10.2. The second-order valence-corrected chi connectivity index (χ2v) is 6.79. The van der Waals surface area contributed by atoms with E-state index >= 15 is 0 Å². The molecule has 1 N–H and O–H groups in total. The molecule has 0 aliphatic heterocycles. The average molecular weight is 412 g/mol. The molecule has 0 atom stereocenters. The first-order valence-electron chi connectivity index (χ1n) is 10.0. The molecule has 0 unspecified atom stereocenters. The van der Waals surface area contributed by atoms with E-state index in [1.165, 1.54) is 5.56 Å². The minimum Gasteiger partial charge on any atom is -0.493 e. The molecule has 0 aliphatic carbocycles. The SMILES string of the molecule is Cl.c1ccc(CCCNCCCOc2cccc(OCc3ccccc3)c2)cc1. The lowest BCUT2D eigenvalue weighted by molar-refractivity contribution is 0.291. The minimum absolute atomic E-state index is 0. The highest BCUT2D eigenvalue weighted by molar-refractivity contribution is 5.85. The van der Waals surface area contributed by atoms with Crippen LogP contribution < -0.4 is 14.8 Å². The molecule has 4 heteroatoms. The van der Waals surface area contributed by atoms with Crippen molar-refractivity contribution in [3.8, 4) is 11.5 Å². The predicted molar refractivity (Wildman–Crippen MR) is 122 cm³/mol. The summed E-state index contributed by atoms with van der Waals surface area (Å²) < 4.78 is 11.7. The topological polar surface area (TPSA) is 30.5 Å². The predicted octanol–water partition coefficient (Wildman–Crippen LogP) is 5.68. The van der Waals surface area contributed by atoms with E-state index in [1.807, 2.05) is 42.5 Å². The Morgan fingerprint density at radius 2 is 1.24 bits per heavy atom. The van der Waals surface area contributed by atoms with Gasteiger partial charge in [0.25, 0.3) is 0 Å². The lowest BCUT2D eigenvalue weighted by Gasteiger charge is -2.10. The van der Waals surface area contributed by atoms with Crippen LogP contribution in [0, 0.1) is 0 Å². The van der Waals surface area contributed by atoms with Crippen molar-refractivity contribution in [3.05, 3.63) is 96.1 Å². The zero-order valence-corrected chi connectivity index (χ0v) is 17.6. The van der Waals surface area contributed by atoms with Gasteiger partial charge in [-0.2, -0.15) is 0 Å². The van der Waals surface area contributed by atoms with Crippen LogP contribution in [0.15, 0.2) is 84.9 Å². The number of hydrogen-bond donors (Lipinski definition) is 1. The summed E-state index contributed by atoms with van der Waals surface area (Å²) in [4.78, 5) is 0. The zero-order chi connectivity index (χ0) is 19.3. The molecule has 0 radical (unpaired) electrons. The van der Waals surface area contributed by atoms with E-state index < -0.39 is 0 Å². The minimum atomic E-state index is 0. The molecule has 29 heavy (non-hydrogen) atoms. The van der Waals surface area contributed by atoms with E-state index in [4.69, 9.17) is 9.47 Å². The summed E-state index contributed by atoms with van der Waals surface area (Å²) in [6, 6.07) is 28.7. The molecule has 0 aliphatic rings. The third kappa shape index (κ3) is 9.03. The Morgan fingerprint density at radius 3 is 1.97 bits per heavy atom. The van der Waals surface area contributed by atoms with E-state index in [1.54, 1.807) is 0 Å². The summed E-state index contributed by atoms with van der Waals surface area (Å²) in [6.45, 7) is 3.28. The van der Waals surface area contributed by atoms with Crippen LogP contribution in [0.25, 0.3) is 0 Å². The molecule has 0 fully saturated rings. The van der Waals surface area contributed by atoms with Crippen LogP contribution in [0.2, 0.25) is 0 Å². The van der Waals surface area contributed by atoms with Crippen molar-refractivity contribution < 1.29 is 9.47 Å². The van der Waals surface area contributed by atoms with Gasteiger partial charge in [-0.05, 0) is 55.6 Å². The number of benzene rings is 3. The van der Waals surface area contributed by atoms with Crippen LogP contribution in [-0.2, 0) is 13.0 Å². The number of halogens is 1. The Kier molecular flexibility index (Phi) is 10.7. The Bertz CT molecular complexity index is 796. The Balaban J connectivity index is 0.00000300. The van der Waals surface area contributed by atoms with Gasteiger partial charge in [-0.3, -0.25) is 0 Å². The summed E-state index contributed by atoms with van der Waals surface area (Å²) in [5.74, 6) is 1.69. The van der Waals surface area contributed by atoms with Crippen LogP contribution in [0.1, 0.15) is 24.0 Å². The lowest BCUT2D eigenvalue weighted by atomic mass is 10.1. The second-order valence-electron chi connectivity index (χ2n) is 6.79. The van der Waals surface area contributed by atoms with Crippen molar-refractivity contribution in [3.63, 3.8) is 0 Å². The van der Waals surface area contributed by atoms with Gasteiger partial charge in [-0.25, -0.2) is 0 Å². The summed E-state index contributed by atoms with van der Waals surface area (Å²) in [5.41, 5.74) is 2.56. The van der Waals surface area contributed by atoms with Gasteiger partial charge in [-0.15, -0.1) is 12.4 Å². The fourth-order valence-corrected chi connectivity index (χ4v) is 2.97. The second kappa shape index (κ2) is 13.6. The summed E-state index contributed by atoms with van der Waals surface area (Å²) in [5, 5.41) is 3.49. The van der Waals surface area contributed by atoms with Crippen molar-refractivity contribution in [2.24, 2.45) is 0 Å². The smallest absolute Gasteiger partial charge is 0.123 e. The Labute approximate surface area is 180 Å². The highest BCUT2D eigenvalue weighted by atomic mass is 35.5. The molecule has 154 valence electrons. The molecule has 0 saturated heterocycles. The van der Waals surface area contributed by atoms with Gasteiger partial charge >= 0.3 is 0 Å². The van der Waals surface area contributed by atoms with Crippen LogP contribution >= 0.6 is 12.4 Å². The van der Waals surface area contributed by atoms with E-state index in [0.717, 1.165) is 49.4 Å². The molecule has 0 amide bonds. The average Bonchev–Trinajstić information content (AvgIpc) is 2.76. The molecule has 0 saturated carbocycles. The maximum atomic E-state index is 5.85. The van der Waals surface area contributed by atoms with Crippen LogP contribution in [-0.4, -0.2) is 19.7 Å². The van der Waals surface area contributed by atoms with Gasteiger partial charge in [-0.1, -0.05) is 66.7 Å². The fourth-order valence-electron chi connectivity index (χ4n) is 2.97. The van der Waals surface area contributed by atoms with Crippen LogP contribution in [0.3, 0.4) is 0 Å². The summed E-state index contributed by atoms with van der Waals surface area (Å²) in [6.07, 6.45) is 3.27. The van der Waals surface area contributed by atoms with Gasteiger partial charge in [0.1, 0.15) is 18.1 Å². The summed E-state index contributed by atoms with van der Waals surface area (Å²) >= 11 is 0. The van der Waals surface area contributed by atoms with E-state index in [-0.39, 0.29) is 12.4 Å². The van der Waals surface area contributed by atoms with Crippen molar-refractivity contribution in [1.82, 2.24) is 5.32 Å². The number of aryl methyl sites for hydroxylation is 1. The van der Waals surface area contributed by atoms with Gasteiger partial charge in [0.05, 0.1) is 6.61 Å². The molecule has 0 spiro atoms. The standard InChI is InChI=1S/C25H29NO2.ClH/c1-3-10-22(11-4-1)14-8-17-26-18-9-19-27-24-15-7-16-25(20-24)28-21-23-12-5-2-6-13-23;/h1-7,10-13,15-16,20,26H,8-9,14,17-19,21H2;1H. The van der Waals surface area contributed by atoms with Gasteiger partial charge in [0.2, 0.25) is 0 Å². The van der Waals surface area contributed by atoms with E-state index in [9.17, 15) is 0 Å². The molecule has 0 aromatic heterocycles. The number of rotatable bonds is 12. The van der Waals surface area contributed by atoms with Crippen molar-refractivity contribution in [1.29, 1.82) is 0 Å². The van der Waals surface area contributed by atoms with Gasteiger partial charge in [0, 0.05) is 6.07 Å². The molecular formula is C25H30ClNO2. The Morgan fingerprint density at radius 1 is 0.621 bits per heavy atom. The number of hydrogen-bond acceptors (Lipinski definition) is 3. The molecular weight excluding hydrogens is 382 g/mol. The molecule has 0 heterocycles. The maximum absolute atomic E-state index is 5.85. The third-order valence-electron chi connectivity index (χ3n) is 4.48. The van der Waals surface area contributed by atoms with Crippen LogP contribution in [0.4, 0.5) is 0 Å². The molecule has 3 aromatic carbocycles. The lowest BCUT2D eigenvalue weighted by Crippen LogP contribution is -2.19. The number of nitrogens with one attached hydrogen (secondary N) is 1. The van der Waals surface area contributed by atoms with Gasteiger partial charge < -0.3 is 14.8 Å². The zero-order valence-electron chi connectivity index (χ0n) is 16.8. The first-order chi connectivity index (χ1) is 13.9. The van der Waals surface area contributed by atoms with Crippen molar-refractivity contribution >= 4 is 12.4 Å². The quantitative estimate of drug-likeness (QED) is 0.389. The first kappa shape index (κ1) is 22.8. The maximum Gasteiger partial charge on any atom is 0.123 e. The molecule has 3 rings (SSSR count). The molecule has 3 nitrogen and oxygen atoms in total. The highest BCUT2D eigenvalue weighted by Gasteiger charge is 1.99. The fraction of sp³-hybridized carbons (Fsp3) is 0.280. The Hall–Kier alpha value is -2.49. The van der Waals surface area contributed by atoms with Crippen molar-refractivity contribution in [2.45, 2.75) is 25.9 Å². The van der Waals surface area contributed by atoms with Crippen LogP contribution in [0.5, 0.6) is 11.5 Å².